The van der Waals surface area contributed by atoms with Gasteiger partial charge in [-0.3, -0.25) is 0 Å². The molecule has 0 N–H and O–H groups in total. The van der Waals surface area contributed by atoms with Gasteiger partial charge in [0, 0.05) is 5.39 Å². The Morgan fingerprint density at radius 1 is 0.862 bits per heavy atom. The van der Waals surface area contributed by atoms with Gasteiger partial charge in [0.15, 0.2) is 0 Å². The summed E-state index contributed by atoms with van der Waals surface area (Å²) in [5.74, 6) is 2.21. The molecule has 4 atom stereocenters. The van der Waals surface area contributed by atoms with E-state index in [9.17, 15) is 8.78 Å². The number of hydrogen-bond donors (Lipinski definition) is 0. The van der Waals surface area contributed by atoms with Crippen LogP contribution in [0.4, 0.5) is 8.78 Å². The minimum Gasteiger partial charge on any atom is -0.206 e. The van der Waals surface area contributed by atoms with E-state index in [2.05, 4.69) is 6.92 Å². The van der Waals surface area contributed by atoms with Gasteiger partial charge in [-0.15, -0.1) is 0 Å². The van der Waals surface area contributed by atoms with Crippen molar-refractivity contribution < 1.29 is 8.78 Å². The lowest BCUT2D eigenvalue weighted by molar-refractivity contribution is 0.113. The summed E-state index contributed by atoms with van der Waals surface area (Å²) in [7, 11) is 0. The van der Waals surface area contributed by atoms with Crippen LogP contribution in [0.3, 0.4) is 0 Å². The molecule has 2 saturated carbocycles. The van der Waals surface area contributed by atoms with Gasteiger partial charge in [-0.05, 0) is 84.9 Å². The lowest BCUT2D eigenvalue weighted by Crippen LogP contribution is -2.30. The van der Waals surface area contributed by atoms with Crippen molar-refractivity contribution >= 4 is 22.4 Å². The van der Waals surface area contributed by atoms with E-state index < -0.39 is 5.82 Å². The fourth-order valence-corrected chi connectivity index (χ4v) is 6.14. The minimum absolute atomic E-state index is 0.0175. The van der Waals surface area contributed by atoms with Crippen molar-refractivity contribution in [1.82, 2.24) is 0 Å². The molecule has 0 nitrogen and oxygen atoms in total. The standard InChI is InChI=1S/C26H33ClF2/c1-2-3-4-5-6-17-7-8-19-12-20(10-9-18(19)11-17)21-13-22-15-26(29)24(27)16-23(22)25(28)14-21/h13-20H,2-12H2,1H3/t17-,18?,19-,20?/m1/s1. The average Bonchev–Trinajstić information content (AvgIpc) is 2.72. The smallest absolute Gasteiger partial charge is 0.142 e. The van der Waals surface area contributed by atoms with Crippen LogP contribution in [-0.4, -0.2) is 0 Å². The molecule has 29 heavy (non-hydrogen) atoms. The van der Waals surface area contributed by atoms with Gasteiger partial charge in [0.2, 0.25) is 0 Å². The number of fused-ring (bicyclic) bond motifs is 2. The van der Waals surface area contributed by atoms with E-state index in [0.29, 0.717) is 16.7 Å². The quantitative estimate of drug-likeness (QED) is 0.410. The lowest BCUT2D eigenvalue weighted by atomic mass is 9.63. The molecule has 2 aromatic rings. The molecule has 0 aliphatic heterocycles. The third kappa shape index (κ3) is 4.79. The fraction of sp³-hybridized carbons (Fsp3) is 0.615. The summed E-state index contributed by atoms with van der Waals surface area (Å²) in [6.45, 7) is 2.27. The Morgan fingerprint density at radius 2 is 1.66 bits per heavy atom. The van der Waals surface area contributed by atoms with E-state index in [4.69, 9.17) is 11.6 Å². The Hall–Kier alpha value is -1.15. The predicted molar refractivity (Wildman–Crippen MR) is 119 cm³/mol. The maximum Gasteiger partial charge on any atom is 0.142 e. The van der Waals surface area contributed by atoms with E-state index >= 15 is 0 Å². The van der Waals surface area contributed by atoms with Crippen molar-refractivity contribution in [2.75, 3.05) is 0 Å². The maximum atomic E-state index is 14.7. The SMILES string of the molecule is CCCCCC[C@@H]1CC[C@@H]2CC(c3cc(F)c4cc(Cl)c(F)cc4c3)CCC2C1. The Kier molecular flexibility index (Phi) is 6.79. The van der Waals surface area contributed by atoms with Gasteiger partial charge in [-0.2, -0.15) is 0 Å². The second-order valence-corrected chi connectivity index (χ2v) is 9.96. The third-order valence-corrected chi connectivity index (χ3v) is 7.91. The number of hydrogen-bond acceptors (Lipinski definition) is 0. The van der Waals surface area contributed by atoms with Crippen molar-refractivity contribution in [1.29, 1.82) is 0 Å². The highest BCUT2D eigenvalue weighted by molar-refractivity contribution is 6.31. The predicted octanol–water partition coefficient (Wildman–Crippen LogP) is 9.04. The number of unbranched alkanes of at least 4 members (excludes halogenated alkanes) is 3. The summed E-state index contributed by atoms with van der Waals surface area (Å²) < 4.78 is 28.6. The maximum absolute atomic E-state index is 14.7. The van der Waals surface area contributed by atoms with Crippen LogP contribution in [-0.2, 0) is 0 Å². The summed E-state index contributed by atoms with van der Waals surface area (Å²) in [6, 6.07) is 6.44. The van der Waals surface area contributed by atoms with Gasteiger partial charge >= 0.3 is 0 Å². The van der Waals surface area contributed by atoms with E-state index in [1.165, 1.54) is 69.9 Å². The first-order chi connectivity index (χ1) is 14.0. The lowest BCUT2D eigenvalue weighted by Gasteiger charge is -2.42. The van der Waals surface area contributed by atoms with Crippen LogP contribution in [0.1, 0.15) is 89.0 Å². The van der Waals surface area contributed by atoms with E-state index in [1.807, 2.05) is 6.07 Å². The second-order valence-electron chi connectivity index (χ2n) is 9.55. The zero-order valence-electron chi connectivity index (χ0n) is 17.5. The van der Waals surface area contributed by atoms with E-state index in [-0.39, 0.29) is 10.8 Å². The van der Waals surface area contributed by atoms with Gasteiger partial charge in [-0.1, -0.05) is 63.1 Å². The molecule has 2 aromatic carbocycles. The van der Waals surface area contributed by atoms with E-state index in [1.54, 1.807) is 6.07 Å². The highest BCUT2D eigenvalue weighted by Gasteiger charge is 2.36. The Labute approximate surface area is 179 Å². The average molecular weight is 419 g/mol. The topological polar surface area (TPSA) is 0 Å². The van der Waals surface area contributed by atoms with Crippen LogP contribution >= 0.6 is 11.6 Å². The molecular weight excluding hydrogens is 386 g/mol. The zero-order valence-corrected chi connectivity index (χ0v) is 18.3. The van der Waals surface area contributed by atoms with Crippen LogP contribution in [0.2, 0.25) is 5.02 Å². The molecule has 0 spiro atoms. The van der Waals surface area contributed by atoms with Crippen LogP contribution in [0.25, 0.3) is 10.8 Å². The Bertz CT molecular complexity index is 846. The van der Waals surface area contributed by atoms with Gasteiger partial charge in [0.05, 0.1) is 5.02 Å². The normalized spacial score (nSPS) is 27.2. The van der Waals surface area contributed by atoms with Crippen LogP contribution in [0.15, 0.2) is 24.3 Å². The highest BCUT2D eigenvalue weighted by atomic mass is 35.5. The first-order valence-electron chi connectivity index (χ1n) is 11.6. The molecule has 4 rings (SSSR count). The molecule has 2 aliphatic carbocycles. The third-order valence-electron chi connectivity index (χ3n) is 7.62. The first-order valence-corrected chi connectivity index (χ1v) is 12.0. The molecule has 0 radical (unpaired) electrons. The van der Waals surface area contributed by atoms with Crippen LogP contribution in [0, 0.1) is 29.4 Å². The molecule has 0 aromatic heterocycles. The molecule has 158 valence electrons. The van der Waals surface area contributed by atoms with Crippen LogP contribution in [0.5, 0.6) is 0 Å². The number of halogens is 3. The molecule has 3 heteroatoms. The summed E-state index contributed by atoms with van der Waals surface area (Å²) in [6.07, 6.45) is 14.5. The van der Waals surface area contributed by atoms with Crippen molar-refractivity contribution in [2.45, 2.75) is 83.5 Å². The van der Waals surface area contributed by atoms with Crippen molar-refractivity contribution in [3.05, 3.63) is 46.5 Å². The molecule has 2 fully saturated rings. The molecule has 0 heterocycles. The Morgan fingerprint density at radius 3 is 2.48 bits per heavy atom. The van der Waals surface area contributed by atoms with Gasteiger partial charge in [-0.25, -0.2) is 8.78 Å². The second kappa shape index (κ2) is 9.33. The molecule has 2 aliphatic rings. The van der Waals surface area contributed by atoms with Gasteiger partial charge in [0.25, 0.3) is 0 Å². The molecule has 0 bridgehead atoms. The molecule has 0 saturated heterocycles. The van der Waals surface area contributed by atoms with E-state index in [0.717, 1.165) is 36.2 Å². The summed E-state index contributed by atoms with van der Waals surface area (Å²) in [5.41, 5.74) is 1.04. The summed E-state index contributed by atoms with van der Waals surface area (Å²) in [4.78, 5) is 0. The van der Waals surface area contributed by atoms with Crippen molar-refractivity contribution in [3.8, 4) is 0 Å². The van der Waals surface area contributed by atoms with Crippen LogP contribution < -0.4 is 0 Å². The highest BCUT2D eigenvalue weighted by Crippen LogP contribution is 2.48. The monoisotopic (exact) mass is 418 g/mol. The number of benzene rings is 2. The molecular formula is C26H33ClF2. The fourth-order valence-electron chi connectivity index (χ4n) is 5.98. The van der Waals surface area contributed by atoms with Gasteiger partial charge in [0.1, 0.15) is 11.6 Å². The zero-order chi connectivity index (χ0) is 20.4. The van der Waals surface area contributed by atoms with Gasteiger partial charge < -0.3 is 0 Å². The minimum atomic E-state index is -0.475. The molecule has 2 unspecified atom stereocenters. The van der Waals surface area contributed by atoms with Crippen molar-refractivity contribution in [3.63, 3.8) is 0 Å². The summed E-state index contributed by atoms with van der Waals surface area (Å²) in [5, 5.41) is 1.02. The van der Waals surface area contributed by atoms with Crippen molar-refractivity contribution in [2.24, 2.45) is 17.8 Å². The molecule has 0 amide bonds. The largest absolute Gasteiger partial charge is 0.206 e. The summed E-state index contributed by atoms with van der Waals surface area (Å²) >= 11 is 5.84. The first kappa shape index (κ1) is 21.1. The number of rotatable bonds is 6. The Balaban J connectivity index is 1.41.